The van der Waals surface area contributed by atoms with Crippen LogP contribution in [0.1, 0.15) is 50.7 Å². The molecule has 2 aromatic rings. The number of unbranched alkanes of at least 4 members (excludes halogenated alkanes) is 2. The lowest BCUT2D eigenvalue weighted by molar-refractivity contribution is -0.296. The van der Waals surface area contributed by atoms with Gasteiger partial charge in [0.25, 0.3) is 0 Å². The van der Waals surface area contributed by atoms with Gasteiger partial charge in [0.15, 0.2) is 0 Å². The van der Waals surface area contributed by atoms with E-state index < -0.39 is 30.8 Å². The maximum Gasteiger partial charge on any atom is 0.228 e. The Morgan fingerprint density at radius 2 is 1.53 bits per heavy atom. The van der Waals surface area contributed by atoms with Gasteiger partial charge in [0.1, 0.15) is 24.4 Å². The molecule has 4 rings (SSSR count). The molecule has 0 spiro atoms. The third kappa shape index (κ3) is 5.49. The first-order chi connectivity index (χ1) is 15.7. The molecule has 2 bridgehead atoms. The fraction of sp³-hybridized carbons (Fsp3) is 0.615. The molecule has 0 amide bonds. The molecule has 2 aliphatic heterocycles. The Kier molecular flexibility index (Phi) is 8.49. The molecular formula is C26H35FO5. The first kappa shape index (κ1) is 23.6. The summed E-state index contributed by atoms with van der Waals surface area (Å²) in [5, 5.41) is 2.31. The number of alkyl halides is 1. The average molecular weight is 447 g/mol. The van der Waals surface area contributed by atoms with E-state index in [1.54, 1.807) is 0 Å². The zero-order valence-corrected chi connectivity index (χ0v) is 19.1. The predicted molar refractivity (Wildman–Crippen MR) is 121 cm³/mol. The highest BCUT2D eigenvalue weighted by Crippen LogP contribution is 2.32. The van der Waals surface area contributed by atoms with Gasteiger partial charge in [-0.25, -0.2) is 4.39 Å². The van der Waals surface area contributed by atoms with Crippen molar-refractivity contribution in [3.63, 3.8) is 0 Å². The summed E-state index contributed by atoms with van der Waals surface area (Å²) >= 11 is 0. The van der Waals surface area contributed by atoms with Gasteiger partial charge in [-0.15, -0.1) is 0 Å². The highest BCUT2D eigenvalue weighted by molar-refractivity contribution is 5.84. The van der Waals surface area contributed by atoms with E-state index >= 15 is 4.39 Å². The van der Waals surface area contributed by atoms with E-state index in [1.807, 2.05) is 12.1 Å². The maximum absolute atomic E-state index is 15.1. The molecule has 2 aromatic carbocycles. The number of rotatable bonds is 8. The van der Waals surface area contributed by atoms with E-state index in [2.05, 4.69) is 38.1 Å². The standard InChI is InChI=1S/C26H35FO5/c1-3-5-11-29-23-22-17-28-15-20-13-18-9-7-8-10-19(18)14-21(20)16-31-24(23)25(26(27)32-22)30-12-6-4-2/h7-10,13-14,22-26H,3-6,11-12,15-17H2,1-2H3/t22?,23-,24?,25+,26?/m1/s1. The van der Waals surface area contributed by atoms with Crippen molar-refractivity contribution in [2.24, 2.45) is 0 Å². The Balaban J connectivity index is 1.62. The summed E-state index contributed by atoms with van der Waals surface area (Å²) in [6, 6.07) is 12.5. The van der Waals surface area contributed by atoms with Crippen molar-refractivity contribution in [3.8, 4) is 0 Å². The van der Waals surface area contributed by atoms with Gasteiger partial charge in [-0.2, -0.15) is 0 Å². The summed E-state index contributed by atoms with van der Waals surface area (Å²) in [5.41, 5.74) is 2.12. The monoisotopic (exact) mass is 446 g/mol. The van der Waals surface area contributed by atoms with Crippen LogP contribution in [0.25, 0.3) is 10.8 Å². The third-order valence-corrected chi connectivity index (χ3v) is 6.23. The molecule has 0 saturated carbocycles. The fourth-order valence-corrected chi connectivity index (χ4v) is 4.37. The summed E-state index contributed by atoms with van der Waals surface area (Å²) in [6.07, 6.45) is -0.183. The van der Waals surface area contributed by atoms with Gasteiger partial charge in [0.05, 0.1) is 19.8 Å². The van der Waals surface area contributed by atoms with Gasteiger partial charge in [-0.1, -0.05) is 51.0 Å². The lowest BCUT2D eigenvalue weighted by Gasteiger charge is -2.44. The van der Waals surface area contributed by atoms with Crippen molar-refractivity contribution in [2.75, 3.05) is 19.8 Å². The molecule has 1 fully saturated rings. The zero-order valence-electron chi connectivity index (χ0n) is 19.1. The molecule has 0 radical (unpaired) electrons. The summed E-state index contributed by atoms with van der Waals surface area (Å²) < 4.78 is 45.3. The van der Waals surface area contributed by atoms with Gasteiger partial charge >= 0.3 is 0 Å². The van der Waals surface area contributed by atoms with E-state index in [4.69, 9.17) is 23.7 Å². The molecule has 5 atom stereocenters. The molecule has 32 heavy (non-hydrogen) atoms. The largest absolute Gasteiger partial charge is 0.374 e. The van der Waals surface area contributed by atoms with E-state index in [9.17, 15) is 0 Å². The SMILES string of the molecule is CCCCO[C@@H]1C(F)OC2COCc3cc4ccccc4cc3COC1[C@@H]2OCCCC. The molecule has 0 N–H and O–H groups in total. The van der Waals surface area contributed by atoms with Crippen LogP contribution in [0.5, 0.6) is 0 Å². The normalized spacial score (nSPS) is 28.4. The molecule has 6 heteroatoms. The average Bonchev–Trinajstić information content (AvgIpc) is 2.80. The van der Waals surface area contributed by atoms with Crippen molar-refractivity contribution >= 4 is 10.8 Å². The second kappa shape index (κ2) is 11.5. The molecule has 2 aliphatic rings. The molecule has 0 aliphatic carbocycles. The van der Waals surface area contributed by atoms with Gasteiger partial charge in [-0.05, 0) is 46.9 Å². The Morgan fingerprint density at radius 1 is 0.906 bits per heavy atom. The van der Waals surface area contributed by atoms with Crippen molar-refractivity contribution in [3.05, 3.63) is 47.5 Å². The highest BCUT2D eigenvalue weighted by Gasteiger charge is 2.49. The molecule has 2 heterocycles. The van der Waals surface area contributed by atoms with Crippen LogP contribution in [-0.2, 0) is 36.9 Å². The fourth-order valence-electron chi connectivity index (χ4n) is 4.37. The number of fused-ring (bicyclic) bond motifs is 4. The lowest BCUT2D eigenvalue weighted by Crippen LogP contribution is -2.60. The number of halogens is 1. The summed E-state index contributed by atoms with van der Waals surface area (Å²) in [4.78, 5) is 0. The zero-order chi connectivity index (χ0) is 22.3. The second-order valence-corrected chi connectivity index (χ2v) is 8.66. The molecule has 1 saturated heterocycles. The summed E-state index contributed by atoms with van der Waals surface area (Å²) in [5.74, 6) is 0. The minimum absolute atomic E-state index is 0.241. The van der Waals surface area contributed by atoms with Crippen molar-refractivity contribution in [1.29, 1.82) is 0 Å². The van der Waals surface area contributed by atoms with Crippen molar-refractivity contribution in [2.45, 2.75) is 83.5 Å². The topological polar surface area (TPSA) is 46.2 Å². The molecular weight excluding hydrogens is 411 g/mol. The minimum Gasteiger partial charge on any atom is -0.374 e. The van der Waals surface area contributed by atoms with Crippen molar-refractivity contribution < 1.29 is 28.1 Å². The molecule has 3 unspecified atom stereocenters. The smallest absolute Gasteiger partial charge is 0.228 e. The molecule has 0 aromatic heterocycles. The van der Waals surface area contributed by atoms with Crippen LogP contribution < -0.4 is 0 Å². The summed E-state index contributed by atoms with van der Waals surface area (Å²) in [7, 11) is 0. The molecule has 5 nitrogen and oxygen atoms in total. The van der Waals surface area contributed by atoms with Crippen LogP contribution in [0, 0.1) is 0 Å². The van der Waals surface area contributed by atoms with Crippen molar-refractivity contribution in [1.82, 2.24) is 0 Å². The lowest BCUT2D eigenvalue weighted by atomic mass is 9.97. The maximum atomic E-state index is 15.1. The van der Waals surface area contributed by atoms with Gasteiger partial charge < -0.3 is 23.7 Å². The number of hydrogen-bond acceptors (Lipinski definition) is 5. The van der Waals surface area contributed by atoms with E-state index in [1.165, 1.54) is 0 Å². The third-order valence-electron chi connectivity index (χ3n) is 6.23. The first-order valence-corrected chi connectivity index (χ1v) is 11.9. The van der Waals surface area contributed by atoms with Crippen LogP contribution in [0.4, 0.5) is 4.39 Å². The van der Waals surface area contributed by atoms with Crippen LogP contribution in [-0.4, -0.2) is 50.6 Å². The van der Waals surface area contributed by atoms with Crippen LogP contribution in [0.2, 0.25) is 0 Å². The minimum atomic E-state index is -1.58. The van der Waals surface area contributed by atoms with E-state index in [0.29, 0.717) is 26.4 Å². The Hall–Kier alpha value is -1.57. The number of ether oxygens (including phenoxy) is 5. The Morgan fingerprint density at radius 3 is 2.19 bits per heavy atom. The van der Waals surface area contributed by atoms with Crippen LogP contribution in [0.15, 0.2) is 36.4 Å². The van der Waals surface area contributed by atoms with Gasteiger partial charge in [0, 0.05) is 13.2 Å². The van der Waals surface area contributed by atoms with Gasteiger partial charge in [0.2, 0.25) is 6.36 Å². The predicted octanol–water partition coefficient (Wildman–Crippen LogP) is 5.32. The van der Waals surface area contributed by atoms with Crippen LogP contribution >= 0.6 is 0 Å². The Bertz CT molecular complexity index is 859. The quantitative estimate of drug-likeness (QED) is 0.514. The van der Waals surface area contributed by atoms with Crippen LogP contribution in [0.3, 0.4) is 0 Å². The molecule has 176 valence electrons. The summed E-state index contributed by atoms with van der Waals surface area (Å²) in [6.45, 7) is 6.24. The number of hydrogen-bond donors (Lipinski definition) is 0. The highest BCUT2D eigenvalue weighted by atomic mass is 19.1. The van der Waals surface area contributed by atoms with E-state index in [-0.39, 0.29) is 6.61 Å². The van der Waals surface area contributed by atoms with E-state index in [0.717, 1.165) is 47.6 Å². The van der Waals surface area contributed by atoms with Gasteiger partial charge in [-0.3, -0.25) is 0 Å². The first-order valence-electron chi connectivity index (χ1n) is 11.9. The second-order valence-electron chi connectivity index (χ2n) is 8.66. The number of benzene rings is 2. The Labute approximate surface area is 190 Å².